The number of carbonyl (C=O) groups is 1. The van der Waals surface area contributed by atoms with E-state index >= 15 is 0 Å². The molecule has 3 aromatic rings. The van der Waals surface area contributed by atoms with E-state index in [0.29, 0.717) is 23.6 Å². The maximum absolute atomic E-state index is 11.8. The Balaban J connectivity index is 1.67. The number of hydrogen-bond donors (Lipinski definition) is 1. The van der Waals surface area contributed by atoms with Gasteiger partial charge in [0.15, 0.2) is 6.61 Å². The van der Waals surface area contributed by atoms with Crippen LogP contribution < -0.4 is 15.7 Å². The Morgan fingerprint density at radius 1 is 1.24 bits per heavy atom. The monoisotopic (exact) mass is 341 g/mol. The Bertz CT molecular complexity index is 925. The molecule has 2 heterocycles. The molecule has 0 radical (unpaired) electrons. The van der Waals surface area contributed by atoms with E-state index in [1.165, 1.54) is 6.07 Å². The van der Waals surface area contributed by atoms with Crippen molar-refractivity contribution in [2.24, 2.45) is 0 Å². The van der Waals surface area contributed by atoms with Gasteiger partial charge < -0.3 is 18.9 Å². The van der Waals surface area contributed by atoms with Gasteiger partial charge in [0.1, 0.15) is 17.1 Å². The first-order chi connectivity index (χ1) is 12.0. The van der Waals surface area contributed by atoms with E-state index in [1.807, 2.05) is 19.9 Å². The van der Waals surface area contributed by atoms with E-state index in [1.54, 1.807) is 30.5 Å². The quantitative estimate of drug-likeness (QED) is 0.696. The lowest BCUT2D eigenvalue weighted by atomic mass is 10.00. The van der Waals surface area contributed by atoms with Crippen molar-refractivity contribution in [1.82, 2.24) is 5.32 Å². The molecule has 0 aliphatic rings. The molecule has 1 amide bonds. The van der Waals surface area contributed by atoms with Crippen LogP contribution in [-0.4, -0.2) is 12.5 Å². The molecule has 130 valence electrons. The zero-order valence-corrected chi connectivity index (χ0v) is 14.1. The molecule has 6 heteroatoms. The van der Waals surface area contributed by atoms with Gasteiger partial charge >= 0.3 is 5.63 Å². The minimum atomic E-state index is -0.399. The van der Waals surface area contributed by atoms with Crippen molar-refractivity contribution in [1.29, 1.82) is 0 Å². The predicted molar refractivity (Wildman–Crippen MR) is 92.6 cm³/mol. The molecule has 0 saturated heterocycles. The average Bonchev–Trinajstić information content (AvgIpc) is 3.10. The number of amides is 1. The van der Waals surface area contributed by atoms with Crippen molar-refractivity contribution in [3.63, 3.8) is 0 Å². The highest BCUT2D eigenvalue weighted by atomic mass is 16.5. The van der Waals surface area contributed by atoms with Crippen molar-refractivity contribution >= 4 is 16.9 Å². The number of benzene rings is 1. The Hall–Kier alpha value is -3.02. The summed E-state index contributed by atoms with van der Waals surface area (Å²) in [6.45, 7) is 4.20. The van der Waals surface area contributed by atoms with Crippen LogP contribution in [0, 0.1) is 0 Å². The van der Waals surface area contributed by atoms with Gasteiger partial charge in [0, 0.05) is 17.5 Å². The normalized spacial score (nSPS) is 11.0. The Kier molecular flexibility index (Phi) is 4.88. The van der Waals surface area contributed by atoms with Crippen molar-refractivity contribution < 1.29 is 18.4 Å². The Morgan fingerprint density at radius 2 is 2.08 bits per heavy atom. The van der Waals surface area contributed by atoms with E-state index in [-0.39, 0.29) is 18.4 Å². The Morgan fingerprint density at radius 3 is 2.80 bits per heavy atom. The van der Waals surface area contributed by atoms with Gasteiger partial charge in [-0.1, -0.05) is 13.8 Å². The standard InChI is InChI=1S/C19H19NO5/c1-12(2)16-9-19(22)25-17-8-13(5-6-15(16)17)24-11-18(21)20-10-14-4-3-7-23-14/h3-9,12H,10-11H2,1-2H3,(H,20,21). The fraction of sp³-hybridized carbons (Fsp3) is 0.263. The zero-order valence-electron chi connectivity index (χ0n) is 14.1. The molecule has 3 rings (SSSR count). The maximum Gasteiger partial charge on any atom is 0.336 e. The van der Waals surface area contributed by atoms with Gasteiger partial charge in [0.25, 0.3) is 5.91 Å². The van der Waals surface area contributed by atoms with Crippen molar-refractivity contribution in [2.45, 2.75) is 26.3 Å². The van der Waals surface area contributed by atoms with E-state index in [2.05, 4.69) is 5.32 Å². The van der Waals surface area contributed by atoms with Crippen LogP contribution >= 0.6 is 0 Å². The first-order valence-electron chi connectivity index (χ1n) is 8.02. The number of ether oxygens (including phenoxy) is 1. The number of carbonyl (C=O) groups excluding carboxylic acids is 1. The largest absolute Gasteiger partial charge is 0.484 e. The summed E-state index contributed by atoms with van der Waals surface area (Å²) >= 11 is 0. The summed E-state index contributed by atoms with van der Waals surface area (Å²) in [4.78, 5) is 23.5. The van der Waals surface area contributed by atoms with E-state index in [4.69, 9.17) is 13.6 Å². The lowest BCUT2D eigenvalue weighted by molar-refractivity contribution is -0.123. The van der Waals surface area contributed by atoms with Crippen LogP contribution in [0.15, 0.2) is 56.3 Å². The molecule has 0 aliphatic carbocycles. The molecular formula is C19H19NO5. The third kappa shape index (κ3) is 4.09. The molecule has 2 aromatic heterocycles. The molecule has 0 bridgehead atoms. The highest BCUT2D eigenvalue weighted by molar-refractivity contribution is 5.82. The SMILES string of the molecule is CC(C)c1cc(=O)oc2cc(OCC(=O)NCc3ccco3)ccc12. The first-order valence-corrected chi connectivity index (χ1v) is 8.02. The van der Waals surface area contributed by atoms with E-state index in [9.17, 15) is 9.59 Å². The second-order valence-electron chi connectivity index (χ2n) is 5.98. The molecule has 1 N–H and O–H groups in total. The molecular weight excluding hydrogens is 322 g/mol. The fourth-order valence-electron chi connectivity index (χ4n) is 2.53. The Labute approximate surface area is 144 Å². The minimum absolute atomic E-state index is 0.139. The smallest absolute Gasteiger partial charge is 0.336 e. The van der Waals surface area contributed by atoms with Crippen LogP contribution in [0.3, 0.4) is 0 Å². The number of furan rings is 1. The summed E-state index contributed by atoms with van der Waals surface area (Å²) in [5.41, 5.74) is 0.975. The molecule has 25 heavy (non-hydrogen) atoms. The molecule has 6 nitrogen and oxygen atoms in total. The second kappa shape index (κ2) is 7.25. The summed E-state index contributed by atoms with van der Waals surface area (Å²) in [5, 5.41) is 3.56. The van der Waals surface area contributed by atoms with Gasteiger partial charge in [-0.2, -0.15) is 0 Å². The van der Waals surface area contributed by atoms with Crippen LogP contribution in [0.5, 0.6) is 5.75 Å². The molecule has 0 fully saturated rings. The predicted octanol–water partition coefficient (Wildman–Crippen LogP) is 3.20. The lowest BCUT2D eigenvalue weighted by Crippen LogP contribution is -2.28. The summed E-state index contributed by atoms with van der Waals surface area (Å²) < 4.78 is 15.9. The molecule has 0 unspecified atom stereocenters. The molecule has 0 atom stereocenters. The summed E-state index contributed by atoms with van der Waals surface area (Å²) in [6.07, 6.45) is 1.55. The van der Waals surface area contributed by atoms with Crippen LogP contribution in [-0.2, 0) is 11.3 Å². The van der Waals surface area contributed by atoms with Gasteiger partial charge in [-0.3, -0.25) is 4.79 Å². The van der Waals surface area contributed by atoms with Crippen molar-refractivity contribution in [3.05, 3.63) is 64.4 Å². The third-order valence-corrected chi connectivity index (χ3v) is 3.78. The summed E-state index contributed by atoms with van der Waals surface area (Å²) in [7, 11) is 0. The fourth-order valence-corrected chi connectivity index (χ4v) is 2.53. The van der Waals surface area contributed by atoms with Crippen molar-refractivity contribution in [2.75, 3.05) is 6.61 Å². The topological polar surface area (TPSA) is 81.7 Å². The molecule has 0 saturated carbocycles. The van der Waals surface area contributed by atoms with Crippen molar-refractivity contribution in [3.8, 4) is 5.75 Å². The first kappa shape index (κ1) is 16.8. The van der Waals surface area contributed by atoms with Crippen LogP contribution in [0.2, 0.25) is 0 Å². The van der Waals surface area contributed by atoms with Gasteiger partial charge in [0.2, 0.25) is 0 Å². The van der Waals surface area contributed by atoms with Gasteiger partial charge in [-0.15, -0.1) is 0 Å². The van der Waals surface area contributed by atoms with Crippen LogP contribution in [0.1, 0.15) is 31.1 Å². The lowest BCUT2D eigenvalue weighted by Gasteiger charge is -2.10. The number of rotatable bonds is 6. The molecule has 0 spiro atoms. The van der Waals surface area contributed by atoms with Crippen LogP contribution in [0.25, 0.3) is 11.0 Å². The maximum atomic E-state index is 11.8. The summed E-state index contributed by atoms with van der Waals surface area (Å²) in [5.74, 6) is 1.06. The number of fused-ring (bicyclic) bond motifs is 1. The van der Waals surface area contributed by atoms with E-state index in [0.717, 1.165) is 10.9 Å². The number of hydrogen-bond acceptors (Lipinski definition) is 5. The van der Waals surface area contributed by atoms with Gasteiger partial charge in [-0.25, -0.2) is 4.79 Å². The second-order valence-corrected chi connectivity index (χ2v) is 5.98. The molecule has 1 aromatic carbocycles. The zero-order chi connectivity index (χ0) is 17.8. The number of nitrogens with one attached hydrogen (secondary N) is 1. The summed E-state index contributed by atoms with van der Waals surface area (Å²) in [6, 6.07) is 10.3. The van der Waals surface area contributed by atoms with Gasteiger partial charge in [0.05, 0.1) is 12.8 Å². The molecule has 0 aliphatic heterocycles. The van der Waals surface area contributed by atoms with Crippen LogP contribution in [0.4, 0.5) is 0 Å². The highest BCUT2D eigenvalue weighted by Gasteiger charge is 2.11. The average molecular weight is 341 g/mol. The van der Waals surface area contributed by atoms with Gasteiger partial charge in [-0.05, 0) is 35.7 Å². The third-order valence-electron chi connectivity index (χ3n) is 3.78. The highest BCUT2D eigenvalue weighted by Crippen LogP contribution is 2.26. The minimum Gasteiger partial charge on any atom is -0.484 e. The van der Waals surface area contributed by atoms with E-state index < -0.39 is 5.63 Å².